The van der Waals surface area contributed by atoms with Gasteiger partial charge in [-0.05, 0) is 30.1 Å². The summed E-state index contributed by atoms with van der Waals surface area (Å²) in [4.78, 5) is 14.2. The van der Waals surface area contributed by atoms with Crippen LogP contribution in [0.5, 0.6) is 5.75 Å². The summed E-state index contributed by atoms with van der Waals surface area (Å²) in [6, 6.07) is 8.61. The number of amides is 1. The van der Waals surface area contributed by atoms with E-state index in [0.717, 1.165) is 37.4 Å². The summed E-state index contributed by atoms with van der Waals surface area (Å²) in [6.07, 6.45) is 3.25. The van der Waals surface area contributed by atoms with Crippen LogP contribution in [0.4, 0.5) is 0 Å². The van der Waals surface area contributed by atoms with E-state index in [1.807, 2.05) is 36.9 Å². The van der Waals surface area contributed by atoms with Gasteiger partial charge in [0.2, 0.25) is 5.91 Å². The van der Waals surface area contributed by atoms with E-state index in [1.165, 1.54) is 5.57 Å². The summed E-state index contributed by atoms with van der Waals surface area (Å²) in [5.41, 5.74) is 2.44. The molecule has 1 aromatic carbocycles. The quantitative estimate of drug-likeness (QED) is 0.924. The molecule has 3 rings (SSSR count). The molecule has 0 bridgehead atoms. The highest BCUT2D eigenvalue weighted by molar-refractivity contribution is 5.78. The maximum absolute atomic E-state index is 12.2. The Labute approximate surface area is 144 Å². The van der Waals surface area contributed by atoms with Crippen LogP contribution in [0.2, 0.25) is 0 Å². The fourth-order valence-corrected chi connectivity index (χ4v) is 3.54. The van der Waals surface area contributed by atoms with Crippen LogP contribution in [0.25, 0.3) is 6.08 Å². The molecule has 4 heteroatoms. The van der Waals surface area contributed by atoms with Crippen molar-refractivity contribution in [2.24, 2.45) is 11.8 Å². The molecule has 2 atom stereocenters. The molecule has 1 saturated heterocycles. The van der Waals surface area contributed by atoms with Crippen molar-refractivity contribution < 1.29 is 9.53 Å². The van der Waals surface area contributed by atoms with Crippen molar-refractivity contribution >= 4 is 12.0 Å². The Morgan fingerprint density at radius 2 is 2.17 bits per heavy atom. The van der Waals surface area contributed by atoms with Gasteiger partial charge in [-0.15, -0.1) is 0 Å². The summed E-state index contributed by atoms with van der Waals surface area (Å²) in [5.74, 6) is 1.81. The molecule has 24 heavy (non-hydrogen) atoms. The first-order valence-corrected chi connectivity index (χ1v) is 8.98. The van der Waals surface area contributed by atoms with Crippen molar-refractivity contribution in [3.05, 3.63) is 35.4 Å². The number of nitrogens with zero attached hydrogens (tertiary/aromatic N) is 1. The zero-order valence-corrected chi connectivity index (χ0v) is 14.9. The molecule has 0 aromatic heterocycles. The molecule has 0 radical (unpaired) electrons. The third-order valence-electron chi connectivity index (χ3n) is 4.99. The van der Waals surface area contributed by atoms with Gasteiger partial charge in [-0.2, -0.15) is 0 Å². The van der Waals surface area contributed by atoms with Gasteiger partial charge in [0.1, 0.15) is 12.4 Å². The van der Waals surface area contributed by atoms with Gasteiger partial charge in [0.15, 0.2) is 0 Å². The summed E-state index contributed by atoms with van der Waals surface area (Å²) < 4.78 is 5.82. The Balaban J connectivity index is 1.53. The number of nitrogens with one attached hydrogen (secondary N) is 1. The SMILES string of the molecule is CC(C)C(=O)N1CC[C@H](NCC2=Cc3ccccc3OC2)[C@@H](C)C1. The van der Waals surface area contributed by atoms with Gasteiger partial charge in [0.05, 0.1) is 0 Å². The first-order valence-electron chi connectivity index (χ1n) is 8.98. The number of hydrogen-bond acceptors (Lipinski definition) is 3. The maximum atomic E-state index is 12.2. The zero-order valence-electron chi connectivity index (χ0n) is 14.9. The molecular weight excluding hydrogens is 300 g/mol. The van der Waals surface area contributed by atoms with E-state index in [-0.39, 0.29) is 11.8 Å². The van der Waals surface area contributed by atoms with Gasteiger partial charge in [0.25, 0.3) is 0 Å². The molecule has 0 saturated carbocycles. The number of benzene rings is 1. The standard InChI is InChI=1S/C20H28N2O2/c1-14(2)20(23)22-9-8-18(15(3)12-22)21-11-16-10-17-6-4-5-7-19(17)24-13-16/h4-7,10,14-15,18,21H,8-9,11-13H2,1-3H3/t15-,18-/m0/s1. The number of likely N-dealkylation sites (tertiary alicyclic amines) is 1. The molecule has 1 amide bonds. The van der Waals surface area contributed by atoms with Crippen LogP contribution >= 0.6 is 0 Å². The van der Waals surface area contributed by atoms with E-state index in [0.29, 0.717) is 18.6 Å². The van der Waals surface area contributed by atoms with E-state index < -0.39 is 0 Å². The molecule has 2 heterocycles. The van der Waals surface area contributed by atoms with Gasteiger partial charge >= 0.3 is 0 Å². The Morgan fingerprint density at radius 1 is 1.38 bits per heavy atom. The minimum atomic E-state index is 0.0892. The Bertz CT molecular complexity index is 624. The van der Waals surface area contributed by atoms with Crippen LogP contribution in [0.15, 0.2) is 29.8 Å². The average molecular weight is 328 g/mol. The molecule has 130 valence electrons. The largest absolute Gasteiger partial charge is 0.489 e. The third-order valence-corrected chi connectivity index (χ3v) is 4.99. The summed E-state index contributed by atoms with van der Waals surface area (Å²) in [7, 11) is 0. The number of hydrogen-bond donors (Lipinski definition) is 1. The fourth-order valence-electron chi connectivity index (χ4n) is 3.54. The van der Waals surface area contributed by atoms with Crippen molar-refractivity contribution in [1.29, 1.82) is 0 Å². The predicted molar refractivity (Wildman–Crippen MR) is 96.9 cm³/mol. The van der Waals surface area contributed by atoms with E-state index >= 15 is 0 Å². The molecular formula is C20H28N2O2. The van der Waals surface area contributed by atoms with Crippen LogP contribution in [0.1, 0.15) is 32.8 Å². The highest BCUT2D eigenvalue weighted by atomic mass is 16.5. The van der Waals surface area contributed by atoms with E-state index in [9.17, 15) is 4.79 Å². The Kier molecular flexibility index (Phi) is 5.24. The lowest BCUT2D eigenvalue weighted by atomic mass is 9.92. The topological polar surface area (TPSA) is 41.6 Å². The normalized spacial score (nSPS) is 23.5. The van der Waals surface area contributed by atoms with Crippen molar-refractivity contribution in [2.45, 2.75) is 33.2 Å². The maximum Gasteiger partial charge on any atom is 0.225 e. The Hall–Kier alpha value is -1.81. The van der Waals surface area contributed by atoms with Crippen molar-refractivity contribution in [3.8, 4) is 5.75 Å². The molecule has 4 nitrogen and oxygen atoms in total. The first-order chi connectivity index (χ1) is 11.5. The lowest BCUT2D eigenvalue weighted by Crippen LogP contribution is -2.51. The van der Waals surface area contributed by atoms with Crippen LogP contribution in [0, 0.1) is 11.8 Å². The molecule has 2 aliphatic rings. The number of carbonyl (C=O) groups excluding carboxylic acids is 1. The number of piperidine rings is 1. The molecule has 0 aliphatic carbocycles. The number of rotatable bonds is 4. The molecule has 0 spiro atoms. The van der Waals surface area contributed by atoms with Crippen molar-refractivity contribution in [3.63, 3.8) is 0 Å². The van der Waals surface area contributed by atoms with Crippen LogP contribution in [0.3, 0.4) is 0 Å². The number of ether oxygens (including phenoxy) is 1. The summed E-state index contributed by atoms with van der Waals surface area (Å²) in [5, 5.41) is 3.67. The molecule has 1 fully saturated rings. The minimum absolute atomic E-state index is 0.0892. The molecule has 0 unspecified atom stereocenters. The van der Waals surface area contributed by atoms with E-state index in [2.05, 4.69) is 24.4 Å². The smallest absolute Gasteiger partial charge is 0.225 e. The van der Waals surface area contributed by atoms with Gasteiger partial charge < -0.3 is 15.0 Å². The number of fused-ring (bicyclic) bond motifs is 1. The first kappa shape index (κ1) is 17.0. The average Bonchev–Trinajstić information content (AvgIpc) is 2.59. The molecule has 2 aliphatic heterocycles. The minimum Gasteiger partial charge on any atom is -0.489 e. The second-order valence-electron chi connectivity index (χ2n) is 7.32. The summed E-state index contributed by atoms with van der Waals surface area (Å²) >= 11 is 0. The number of para-hydroxylation sites is 1. The van der Waals surface area contributed by atoms with Crippen LogP contribution < -0.4 is 10.1 Å². The summed E-state index contributed by atoms with van der Waals surface area (Å²) in [6.45, 7) is 9.41. The van der Waals surface area contributed by atoms with Gasteiger partial charge in [-0.3, -0.25) is 4.79 Å². The fraction of sp³-hybridized carbons (Fsp3) is 0.550. The van der Waals surface area contributed by atoms with Crippen LogP contribution in [-0.4, -0.2) is 43.1 Å². The van der Waals surface area contributed by atoms with E-state index in [4.69, 9.17) is 4.74 Å². The zero-order chi connectivity index (χ0) is 17.1. The molecule has 1 aromatic rings. The lowest BCUT2D eigenvalue weighted by molar-refractivity contribution is -0.136. The van der Waals surface area contributed by atoms with Gasteiger partial charge in [-0.25, -0.2) is 0 Å². The Morgan fingerprint density at radius 3 is 2.92 bits per heavy atom. The second kappa shape index (κ2) is 7.39. The molecule has 1 N–H and O–H groups in total. The predicted octanol–water partition coefficient (Wildman–Crippen LogP) is 2.95. The highest BCUT2D eigenvalue weighted by Crippen LogP contribution is 2.26. The van der Waals surface area contributed by atoms with Crippen molar-refractivity contribution in [1.82, 2.24) is 10.2 Å². The highest BCUT2D eigenvalue weighted by Gasteiger charge is 2.29. The third kappa shape index (κ3) is 3.81. The van der Waals surface area contributed by atoms with Gasteiger partial charge in [-0.1, -0.05) is 39.0 Å². The monoisotopic (exact) mass is 328 g/mol. The van der Waals surface area contributed by atoms with Crippen LogP contribution in [-0.2, 0) is 4.79 Å². The van der Waals surface area contributed by atoms with E-state index in [1.54, 1.807) is 0 Å². The lowest BCUT2D eigenvalue weighted by Gasteiger charge is -2.38. The number of carbonyl (C=O) groups is 1. The van der Waals surface area contributed by atoms with Crippen molar-refractivity contribution in [2.75, 3.05) is 26.2 Å². The second-order valence-corrected chi connectivity index (χ2v) is 7.32. The van der Waals surface area contributed by atoms with Gasteiger partial charge in [0, 0.05) is 37.2 Å².